The van der Waals surface area contributed by atoms with Gasteiger partial charge in [-0.05, 0) is 17.7 Å². The molecule has 0 saturated heterocycles. The SMILES string of the molecule is O=C(c1c[nH]c2ccccc12)[C@@H](N[C@@H]1CCOc2ccccc21)c1ccccc1. The van der Waals surface area contributed by atoms with Gasteiger partial charge >= 0.3 is 0 Å². The van der Waals surface area contributed by atoms with E-state index in [-0.39, 0.29) is 11.8 Å². The second kappa shape index (κ2) is 7.57. The third-order valence-corrected chi connectivity index (χ3v) is 5.58. The fourth-order valence-electron chi connectivity index (χ4n) is 4.12. The summed E-state index contributed by atoms with van der Waals surface area (Å²) in [4.78, 5) is 16.9. The average Bonchev–Trinajstić information content (AvgIpc) is 3.22. The molecular formula is C25H22N2O2. The lowest BCUT2D eigenvalue weighted by Gasteiger charge is -2.30. The van der Waals surface area contributed by atoms with Gasteiger partial charge in [0.15, 0.2) is 5.78 Å². The van der Waals surface area contributed by atoms with Crippen LogP contribution >= 0.6 is 0 Å². The standard InChI is InChI=1S/C25H22N2O2/c28-25(20-16-26-21-12-6-4-10-18(20)21)24(17-8-2-1-3-9-17)27-22-14-15-29-23-13-7-5-11-19(22)23/h1-13,16,22,24,26-27H,14-15H2/t22-,24+/m1/s1. The predicted octanol–water partition coefficient (Wildman–Crippen LogP) is 5.21. The van der Waals surface area contributed by atoms with Crippen molar-refractivity contribution in [2.24, 2.45) is 0 Å². The summed E-state index contributed by atoms with van der Waals surface area (Å²) in [5.41, 5.74) is 3.75. The molecule has 0 spiro atoms. The van der Waals surface area contributed by atoms with Crippen LogP contribution in [0, 0.1) is 0 Å². The van der Waals surface area contributed by atoms with Gasteiger partial charge in [-0.3, -0.25) is 10.1 Å². The Morgan fingerprint density at radius 1 is 0.966 bits per heavy atom. The molecule has 1 aliphatic rings. The first-order chi connectivity index (χ1) is 14.3. The van der Waals surface area contributed by atoms with Gasteiger partial charge in [-0.15, -0.1) is 0 Å². The van der Waals surface area contributed by atoms with Gasteiger partial charge in [-0.2, -0.15) is 0 Å². The Morgan fingerprint density at radius 2 is 1.72 bits per heavy atom. The minimum absolute atomic E-state index is 0.0549. The molecule has 0 saturated carbocycles. The number of ether oxygens (including phenoxy) is 1. The van der Waals surface area contributed by atoms with E-state index in [2.05, 4.69) is 16.4 Å². The molecule has 4 aromatic rings. The number of hydrogen-bond donors (Lipinski definition) is 2. The molecule has 0 bridgehead atoms. The van der Waals surface area contributed by atoms with Crippen molar-refractivity contribution in [3.63, 3.8) is 0 Å². The first-order valence-corrected chi connectivity index (χ1v) is 9.94. The van der Waals surface area contributed by atoms with Gasteiger partial charge in [0, 0.05) is 40.7 Å². The number of nitrogens with one attached hydrogen (secondary N) is 2. The van der Waals surface area contributed by atoms with Crippen LogP contribution < -0.4 is 10.1 Å². The highest BCUT2D eigenvalue weighted by molar-refractivity contribution is 6.10. The van der Waals surface area contributed by atoms with E-state index in [4.69, 9.17) is 4.74 Å². The summed E-state index contributed by atoms with van der Waals surface area (Å²) in [6.07, 6.45) is 2.64. The van der Waals surface area contributed by atoms with Crippen LogP contribution in [-0.2, 0) is 0 Å². The number of Topliss-reactive ketones (excluding diaryl/α,β-unsaturated/α-hetero) is 1. The van der Waals surface area contributed by atoms with E-state index in [1.165, 1.54) is 0 Å². The van der Waals surface area contributed by atoms with Crippen LogP contribution in [0.2, 0.25) is 0 Å². The molecule has 0 unspecified atom stereocenters. The number of para-hydroxylation sites is 2. The zero-order valence-electron chi connectivity index (χ0n) is 16.0. The number of benzene rings is 3. The van der Waals surface area contributed by atoms with E-state index >= 15 is 0 Å². The summed E-state index contributed by atoms with van der Waals surface area (Å²) in [6, 6.07) is 25.5. The molecule has 5 rings (SSSR count). The van der Waals surface area contributed by atoms with E-state index in [1.807, 2.05) is 79.0 Å². The third kappa shape index (κ3) is 3.32. The van der Waals surface area contributed by atoms with E-state index in [0.717, 1.165) is 34.2 Å². The zero-order chi connectivity index (χ0) is 19.6. The van der Waals surface area contributed by atoms with Crippen LogP contribution in [0.25, 0.3) is 10.9 Å². The Hall–Kier alpha value is -3.37. The molecule has 0 amide bonds. The van der Waals surface area contributed by atoms with Gasteiger partial charge in [-0.1, -0.05) is 66.7 Å². The molecule has 1 aromatic heterocycles. The lowest BCUT2D eigenvalue weighted by molar-refractivity contribution is 0.0931. The van der Waals surface area contributed by atoms with Crippen molar-refractivity contribution in [3.05, 3.63) is 102 Å². The van der Waals surface area contributed by atoms with Gasteiger partial charge in [0.25, 0.3) is 0 Å². The Morgan fingerprint density at radius 3 is 2.62 bits per heavy atom. The van der Waals surface area contributed by atoms with Gasteiger partial charge < -0.3 is 9.72 Å². The largest absolute Gasteiger partial charge is 0.493 e. The van der Waals surface area contributed by atoms with Gasteiger partial charge in [0.2, 0.25) is 0 Å². The van der Waals surface area contributed by atoms with E-state index in [9.17, 15) is 4.79 Å². The van der Waals surface area contributed by atoms with E-state index < -0.39 is 6.04 Å². The molecule has 0 fully saturated rings. The first-order valence-electron chi connectivity index (χ1n) is 9.94. The summed E-state index contributed by atoms with van der Waals surface area (Å²) in [5, 5.41) is 4.59. The molecule has 2 atom stereocenters. The van der Waals surface area contributed by atoms with Crippen molar-refractivity contribution in [2.45, 2.75) is 18.5 Å². The molecule has 4 nitrogen and oxygen atoms in total. The number of aromatic amines is 1. The Kier molecular flexibility index (Phi) is 4.62. The van der Waals surface area contributed by atoms with E-state index in [0.29, 0.717) is 12.2 Å². The van der Waals surface area contributed by atoms with Crippen LogP contribution in [0.3, 0.4) is 0 Å². The second-order valence-electron chi connectivity index (χ2n) is 7.35. The van der Waals surface area contributed by atoms with E-state index in [1.54, 1.807) is 0 Å². The highest BCUT2D eigenvalue weighted by Gasteiger charge is 2.29. The van der Waals surface area contributed by atoms with Crippen molar-refractivity contribution in [3.8, 4) is 5.75 Å². The molecule has 3 aromatic carbocycles. The number of ketones is 1. The topological polar surface area (TPSA) is 54.1 Å². The molecule has 2 N–H and O–H groups in total. The molecular weight excluding hydrogens is 360 g/mol. The number of carbonyl (C=O) groups excluding carboxylic acids is 1. The Bertz CT molecular complexity index is 1150. The summed E-state index contributed by atoms with van der Waals surface area (Å²) in [5.74, 6) is 0.959. The van der Waals surface area contributed by atoms with Crippen LogP contribution in [-0.4, -0.2) is 17.4 Å². The van der Waals surface area contributed by atoms with Crippen LogP contribution in [0.15, 0.2) is 85.1 Å². The predicted molar refractivity (Wildman–Crippen MR) is 114 cm³/mol. The Balaban J connectivity index is 1.54. The molecule has 2 heterocycles. The van der Waals surface area contributed by atoms with Crippen LogP contribution in [0.4, 0.5) is 0 Å². The van der Waals surface area contributed by atoms with Crippen molar-refractivity contribution in [1.82, 2.24) is 10.3 Å². The van der Waals surface area contributed by atoms with Gasteiger partial charge in [-0.25, -0.2) is 0 Å². The van der Waals surface area contributed by atoms with Gasteiger partial charge in [0.05, 0.1) is 12.6 Å². The van der Waals surface area contributed by atoms with Crippen molar-refractivity contribution in [1.29, 1.82) is 0 Å². The number of carbonyl (C=O) groups is 1. The summed E-state index contributed by atoms with van der Waals surface area (Å²) in [6.45, 7) is 0.636. The summed E-state index contributed by atoms with van der Waals surface area (Å²) >= 11 is 0. The quantitative estimate of drug-likeness (QED) is 0.466. The van der Waals surface area contributed by atoms with Crippen molar-refractivity contribution in [2.75, 3.05) is 6.61 Å². The summed E-state index contributed by atoms with van der Waals surface area (Å²) in [7, 11) is 0. The fraction of sp³-hybridized carbons (Fsp3) is 0.160. The fourth-order valence-corrected chi connectivity index (χ4v) is 4.12. The third-order valence-electron chi connectivity index (χ3n) is 5.58. The second-order valence-corrected chi connectivity index (χ2v) is 7.35. The summed E-state index contributed by atoms with van der Waals surface area (Å²) < 4.78 is 5.80. The molecule has 144 valence electrons. The number of aromatic nitrogens is 1. The number of fused-ring (bicyclic) bond motifs is 2. The molecule has 0 aliphatic carbocycles. The normalized spacial score (nSPS) is 16.8. The van der Waals surface area contributed by atoms with Crippen LogP contribution in [0.1, 0.15) is 40.0 Å². The van der Waals surface area contributed by atoms with Crippen LogP contribution in [0.5, 0.6) is 5.75 Å². The zero-order valence-corrected chi connectivity index (χ0v) is 16.0. The molecule has 0 radical (unpaired) electrons. The maximum absolute atomic E-state index is 13.7. The minimum atomic E-state index is -0.438. The highest BCUT2D eigenvalue weighted by Crippen LogP contribution is 2.34. The maximum atomic E-state index is 13.7. The number of rotatable bonds is 5. The Labute approximate surface area is 169 Å². The first kappa shape index (κ1) is 17.7. The van der Waals surface area contributed by atoms with Crippen molar-refractivity contribution >= 4 is 16.7 Å². The average molecular weight is 382 g/mol. The number of hydrogen-bond acceptors (Lipinski definition) is 3. The minimum Gasteiger partial charge on any atom is -0.493 e. The molecule has 29 heavy (non-hydrogen) atoms. The highest BCUT2D eigenvalue weighted by atomic mass is 16.5. The number of H-pyrrole nitrogens is 1. The van der Waals surface area contributed by atoms with Crippen molar-refractivity contribution < 1.29 is 9.53 Å². The van der Waals surface area contributed by atoms with Gasteiger partial charge in [0.1, 0.15) is 5.75 Å². The maximum Gasteiger partial charge on any atom is 0.186 e. The smallest absolute Gasteiger partial charge is 0.186 e. The lowest BCUT2D eigenvalue weighted by Crippen LogP contribution is -2.34. The molecule has 1 aliphatic heterocycles. The lowest BCUT2D eigenvalue weighted by atomic mass is 9.93. The monoisotopic (exact) mass is 382 g/mol. The molecule has 4 heteroatoms.